The number of rotatable bonds is 2. The van der Waals surface area contributed by atoms with Crippen LogP contribution in [-0.4, -0.2) is 27.0 Å². The van der Waals surface area contributed by atoms with Crippen LogP contribution in [0.1, 0.15) is 20.7 Å². The molecule has 0 spiro atoms. The molecule has 0 aliphatic carbocycles. The van der Waals surface area contributed by atoms with E-state index in [1.165, 1.54) is 21.5 Å². The zero-order chi connectivity index (χ0) is 32.7. The van der Waals surface area contributed by atoms with E-state index in [0.717, 1.165) is 21.5 Å². The summed E-state index contributed by atoms with van der Waals surface area (Å²) in [6, 6.07) is 54.8. The molecule has 0 heterocycles. The summed E-state index contributed by atoms with van der Waals surface area (Å²) in [4.78, 5) is 24.9. The van der Waals surface area contributed by atoms with E-state index in [1.807, 2.05) is 60.7 Å². The summed E-state index contributed by atoms with van der Waals surface area (Å²) in [7, 11) is 0. The number of hydrogen-bond acceptors (Lipinski definition) is 2. The van der Waals surface area contributed by atoms with E-state index in [0.29, 0.717) is 11.1 Å². The van der Waals surface area contributed by atoms with E-state index in [-0.39, 0.29) is 0 Å². The van der Waals surface area contributed by atoms with Crippen LogP contribution in [0.15, 0.2) is 170 Å². The standard InChI is InChI=1S/2C11H8O2.2C9H7.CH2.Ti/c2*12-11(13)10-7-3-5-8-4-1-2-6-9(8)10;2*1-2-5-9-7-3-6-8(9)4-1;;/h2*1-7H,(H,12,13);2*1-7H;1H2;/q;;2*-1;;+2. The van der Waals surface area contributed by atoms with Crippen molar-refractivity contribution >= 4 is 59.8 Å². The molecule has 8 aromatic rings. The van der Waals surface area contributed by atoms with Crippen molar-refractivity contribution in [3.8, 4) is 0 Å². The monoisotopic (exact) mass is 636 g/mol. The first-order valence-corrected chi connectivity index (χ1v) is 15.6. The second-order valence-electron chi connectivity index (χ2n) is 9.97. The molecule has 0 radical (unpaired) electrons. The van der Waals surface area contributed by atoms with Crippen LogP contribution in [0, 0.1) is 0 Å². The number of aromatic carboxylic acids is 2. The molecule has 46 heavy (non-hydrogen) atoms. The molecular weight excluding hydrogens is 604 g/mol. The maximum absolute atomic E-state index is 10.8. The first kappa shape index (κ1) is 33.5. The zero-order valence-electron chi connectivity index (χ0n) is 25.1. The van der Waals surface area contributed by atoms with Gasteiger partial charge in [0.25, 0.3) is 0 Å². The molecule has 4 nitrogen and oxygen atoms in total. The van der Waals surface area contributed by atoms with Gasteiger partial charge in [-0.2, -0.15) is 35.0 Å². The fourth-order valence-corrected chi connectivity index (χ4v) is 4.96. The minimum Gasteiger partial charge on any atom is -0.168 e. The van der Waals surface area contributed by atoms with Gasteiger partial charge in [-0.1, -0.05) is 84.9 Å². The summed E-state index contributed by atoms with van der Waals surface area (Å²) in [5.41, 5.74) is 0.719. The SMILES string of the molecule is O=C(O)c1cccc2ccccc12.O=C(O)c1cccc2ccccc12.[CH2]=[Ti+2].c1ccc2[cH-]ccc2c1.c1ccc2[cH-]ccc2c1. The molecule has 0 saturated carbocycles. The quantitative estimate of drug-likeness (QED) is 0.146. The molecule has 0 atom stereocenters. The first-order chi connectivity index (χ1) is 22.5. The maximum Gasteiger partial charge on any atom is -0.0809 e. The summed E-state index contributed by atoms with van der Waals surface area (Å²) >= 11 is 1.75. The van der Waals surface area contributed by atoms with Gasteiger partial charge in [0, 0.05) is 0 Å². The van der Waals surface area contributed by atoms with Crippen LogP contribution in [-0.2, 0) is 20.0 Å². The van der Waals surface area contributed by atoms with Crippen LogP contribution in [0.25, 0.3) is 43.1 Å². The average molecular weight is 637 g/mol. The van der Waals surface area contributed by atoms with Gasteiger partial charge in [0.1, 0.15) is 0 Å². The molecule has 224 valence electrons. The van der Waals surface area contributed by atoms with E-state index in [9.17, 15) is 9.59 Å². The second-order valence-corrected chi connectivity index (χ2v) is 9.97. The predicted molar refractivity (Wildman–Crippen MR) is 188 cm³/mol. The Morgan fingerprint density at radius 1 is 0.435 bits per heavy atom. The summed E-state index contributed by atoms with van der Waals surface area (Å²) < 4.78 is 0. The Kier molecular flexibility index (Phi) is 12.5. The molecule has 0 aromatic heterocycles. The summed E-state index contributed by atoms with van der Waals surface area (Å²) in [6.07, 6.45) is 0. The Bertz CT molecular complexity index is 1950. The number of benzene rings is 6. The molecule has 5 heteroatoms. The van der Waals surface area contributed by atoms with Gasteiger partial charge in [-0.15, -0.1) is 59.3 Å². The van der Waals surface area contributed by atoms with E-state index in [2.05, 4.69) is 89.7 Å². The molecule has 2 N–H and O–H groups in total. The summed E-state index contributed by atoms with van der Waals surface area (Å²) in [5, 5.41) is 26.6. The van der Waals surface area contributed by atoms with Crippen LogP contribution >= 0.6 is 0 Å². The number of carboxylic acid groups (broad SMARTS) is 2. The van der Waals surface area contributed by atoms with Gasteiger partial charge in [0.15, 0.2) is 0 Å². The molecule has 0 unspecified atom stereocenters. The van der Waals surface area contributed by atoms with Crippen molar-refractivity contribution in [1.29, 1.82) is 0 Å². The van der Waals surface area contributed by atoms with E-state index in [4.69, 9.17) is 10.2 Å². The average Bonchev–Trinajstić information content (AvgIpc) is 3.80. The van der Waals surface area contributed by atoms with Crippen LogP contribution < -0.4 is 0 Å². The molecular formula is C41H32O4Ti. The van der Waals surface area contributed by atoms with Gasteiger partial charge in [-0.3, -0.25) is 0 Å². The van der Waals surface area contributed by atoms with E-state index >= 15 is 0 Å². The molecule has 8 aromatic carbocycles. The largest absolute Gasteiger partial charge is 0.168 e. The van der Waals surface area contributed by atoms with Crippen molar-refractivity contribution < 1.29 is 39.8 Å². The van der Waals surface area contributed by atoms with Crippen molar-refractivity contribution in [2.24, 2.45) is 0 Å². The fraction of sp³-hybridized carbons (Fsp3) is 0. The topological polar surface area (TPSA) is 74.6 Å². The Balaban J connectivity index is 0.000000138. The zero-order valence-corrected chi connectivity index (χ0v) is 26.6. The maximum atomic E-state index is 10.8. The van der Waals surface area contributed by atoms with Crippen molar-refractivity contribution in [2.75, 3.05) is 0 Å². The van der Waals surface area contributed by atoms with Crippen LogP contribution in [0.2, 0.25) is 0 Å². The molecule has 0 saturated heterocycles. The van der Waals surface area contributed by atoms with Crippen molar-refractivity contribution in [2.45, 2.75) is 0 Å². The smallest absolute Gasteiger partial charge is 0.0809 e. The normalized spacial score (nSPS) is 9.87. The molecule has 0 fully saturated rings. The summed E-state index contributed by atoms with van der Waals surface area (Å²) in [6.45, 7) is 0. The van der Waals surface area contributed by atoms with Crippen molar-refractivity contribution in [3.63, 3.8) is 0 Å². The Morgan fingerprint density at radius 3 is 1.13 bits per heavy atom. The molecule has 0 amide bonds. The molecule has 0 bridgehead atoms. The molecule has 0 aliphatic heterocycles. The van der Waals surface area contributed by atoms with Gasteiger partial charge in [-0.05, 0) is 33.7 Å². The fourth-order valence-electron chi connectivity index (χ4n) is 4.96. The van der Waals surface area contributed by atoms with Crippen molar-refractivity contribution in [1.82, 2.24) is 0 Å². The second kappa shape index (κ2) is 17.2. The minimum absolute atomic E-state index is 0.359. The van der Waals surface area contributed by atoms with E-state index < -0.39 is 11.9 Å². The summed E-state index contributed by atoms with van der Waals surface area (Å²) in [5.74, 6) is -1.76. The number of hydrogen-bond donors (Lipinski definition) is 2. The third-order valence-electron chi connectivity index (χ3n) is 7.14. The number of carbonyl (C=O) groups is 2. The van der Waals surface area contributed by atoms with E-state index in [1.54, 1.807) is 44.2 Å². The Morgan fingerprint density at radius 2 is 0.761 bits per heavy atom. The number of carboxylic acids is 2. The Labute approximate surface area is 279 Å². The first-order valence-electron chi connectivity index (χ1n) is 14.5. The van der Waals surface area contributed by atoms with Crippen LogP contribution in [0.4, 0.5) is 0 Å². The van der Waals surface area contributed by atoms with Gasteiger partial charge in [-0.25, -0.2) is 9.59 Å². The predicted octanol–water partition coefficient (Wildman–Crippen LogP) is 10.2. The van der Waals surface area contributed by atoms with Gasteiger partial charge in [0.05, 0.1) is 11.1 Å². The van der Waals surface area contributed by atoms with Crippen molar-refractivity contribution in [3.05, 3.63) is 181 Å². The third kappa shape index (κ3) is 8.83. The molecule has 8 rings (SSSR count). The van der Waals surface area contributed by atoms with Gasteiger partial charge in [0.2, 0.25) is 0 Å². The molecule has 0 aliphatic rings. The van der Waals surface area contributed by atoms with Crippen LogP contribution in [0.3, 0.4) is 0 Å². The van der Waals surface area contributed by atoms with Crippen LogP contribution in [0.5, 0.6) is 0 Å². The number of fused-ring (bicyclic) bond motifs is 4. The van der Waals surface area contributed by atoms with Gasteiger partial charge >= 0.3 is 36.7 Å². The Hall–Kier alpha value is -5.42. The van der Waals surface area contributed by atoms with Gasteiger partial charge < -0.3 is 10.2 Å². The minimum atomic E-state index is -0.878. The third-order valence-corrected chi connectivity index (χ3v) is 7.14.